The van der Waals surface area contributed by atoms with Crippen LogP contribution in [0.4, 0.5) is 0 Å². The quantitative estimate of drug-likeness (QED) is 0.214. The molecule has 3 fully saturated rings. The first-order valence-corrected chi connectivity index (χ1v) is 14.4. The largest absolute Gasteiger partial charge is 0.461 e. The summed E-state index contributed by atoms with van der Waals surface area (Å²) in [6.07, 6.45) is 7.71. The smallest absolute Gasteiger partial charge is 0.311 e. The highest BCUT2D eigenvalue weighted by Gasteiger charge is 2.77. The van der Waals surface area contributed by atoms with Crippen LogP contribution in [-0.4, -0.2) is 81.1 Å². The number of thioether (sulfide) groups is 1. The molecule has 0 aliphatic carbocycles. The zero-order valence-corrected chi connectivity index (χ0v) is 23.2. The number of aliphatic hydroxyl groups excluding tert-OH is 1. The van der Waals surface area contributed by atoms with Crippen LogP contribution < -0.4 is 0 Å². The van der Waals surface area contributed by atoms with Gasteiger partial charge in [-0.3, -0.25) is 14.4 Å². The van der Waals surface area contributed by atoms with Crippen LogP contribution in [0.1, 0.15) is 59.8 Å². The van der Waals surface area contributed by atoms with Crippen LogP contribution in [0.2, 0.25) is 0 Å². The highest BCUT2D eigenvalue weighted by Crippen LogP contribution is 2.69. The maximum atomic E-state index is 14.4. The molecule has 0 aromatic rings. The van der Waals surface area contributed by atoms with Gasteiger partial charge in [0.2, 0.25) is 11.8 Å². The van der Waals surface area contributed by atoms with Crippen LogP contribution in [0, 0.1) is 23.7 Å². The summed E-state index contributed by atoms with van der Waals surface area (Å²) in [5, 5.41) is 10.4. The van der Waals surface area contributed by atoms with Crippen LogP contribution in [0.3, 0.4) is 0 Å². The van der Waals surface area contributed by atoms with Crippen molar-refractivity contribution in [1.82, 2.24) is 9.80 Å². The normalized spacial score (nSPS) is 32.2. The lowest BCUT2D eigenvalue weighted by atomic mass is 9.66. The Labute approximate surface area is 220 Å². The van der Waals surface area contributed by atoms with Crippen LogP contribution in [0.5, 0.6) is 0 Å². The van der Waals surface area contributed by atoms with Gasteiger partial charge in [-0.05, 0) is 24.7 Å². The highest BCUT2D eigenvalue weighted by molar-refractivity contribution is 8.02. The molecule has 3 aliphatic heterocycles. The van der Waals surface area contributed by atoms with Gasteiger partial charge in [0.15, 0.2) is 0 Å². The Morgan fingerprint density at radius 2 is 2.03 bits per heavy atom. The Kier molecular flexibility index (Phi) is 9.72. The second kappa shape index (κ2) is 12.2. The number of hydrogen-bond acceptors (Lipinski definition) is 6. The van der Waals surface area contributed by atoms with Gasteiger partial charge in [0, 0.05) is 18.3 Å². The van der Waals surface area contributed by atoms with Gasteiger partial charge in [0.1, 0.15) is 12.6 Å². The summed E-state index contributed by atoms with van der Waals surface area (Å²) in [5.41, 5.74) is 0. The third-order valence-electron chi connectivity index (χ3n) is 8.57. The predicted molar refractivity (Wildman–Crippen MR) is 143 cm³/mol. The number of likely N-dealkylation sites (tertiary alicyclic amines) is 1. The molecule has 0 radical (unpaired) electrons. The van der Waals surface area contributed by atoms with Crippen molar-refractivity contribution >= 4 is 29.5 Å². The molecule has 202 valence electrons. The van der Waals surface area contributed by atoms with E-state index in [0.717, 1.165) is 32.1 Å². The van der Waals surface area contributed by atoms with E-state index >= 15 is 0 Å². The molecule has 0 saturated carbocycles. The van der Waals surface area contributed by atoms with E-state index in [2.05, 4.69) is 27.0 Å². The molecular weight excluding hydrogens is 476 g/mol. The number of carbonyl (C=O) groups is 3. The van der Waals surface area contributed by atoms with Gasteiger partial charge in [-0.15, -0.1) is 18.3 Å². The molecule has 2 bridgehead atoms. The third-order valence-corrected chi connectivity index (χ3v) is 10.6. The Morgan fingerprint density at radius 1 is 1.31 bits per heavy atom. The summed E-state index contributed by atoms with van der Waals surface area (Å²) in [6.45, 7) is 16.6. The average molecular weight is 521 g/mol. The number of hydrogen-bond donors (Lipinski definition) is 1. The summed E-state index contributed by atoms with van der Waals surface area (Å²) >= 11 is 1.64. The van der Waals surface area contributed by atoms with Gasteiger partial charge in [-0.25, -0.2) is 0 Å². The first-order chi connectivity index (χ1) is 17.2. The van der Waals surface area contributed by atoms with Crippen molar-refractivity contribution in [2.24, 2.45) is 23.7 Å². The SMILES string of the molecule is C=CCOC(=O)[C@@H]1[C@H]2C(=O)N([C@@H](CO)[C@@H](C)CC)C(C(=O)N(CC=C)CCCCC)C23S[C@@H]1CC3C. The van der Waals surface area contributed by atoms with Gasteiger partial charge >= 0.3 is 5.97 Å². The van der Waals surface area contributed by atoms with E-state index in [0.29, 0.717) is 13.1 Å². The van der Waals surface area contributed by atoms with Crippen molar-refractivity contribution in [3.63, 3.8) is 0 Å². The Bertz CT molecular complexity index is 850. The van der Waals surface area contributed by atoms with E-state index in [1.165, 1.54) is 6.08 Å². The fourth-order valence-corrected chi connectivity index (χ4v) is 8.98. The van der Waals surface area contributed by atoms with E-state index in [9.17, 15) is 19.5 Å². The molecule has 3 unspecified atom stereocenters. The van der Waals surface area contributed by atoms with E-state index in [1.807, 2.05) is 18.7 Å². The summed E-state index contributed by atoms with van der Waals surface area (Å²) in [4.78, 5) is 45.4. The number of aliphatic hydroxyl groups is 1. The molecule has 7 nitrogen and oxygen atoms in total. The number of ether oxygens (including phenoxy) is 1. The van der Waals surface area contributed by atoms with Crippen LogP contribution in [-0.2, 0) is 19.1 Å². The lowest BCUT2D eigenvalue weighted by Gasteiger charge is -2.43. The second-order valence-corrected chi connectivity index (χ2v) is 12.2. The summed E-state index contributed by atoms with van der Waals surface area (Å²) < 4.78 is 4.73. The summed E-state index contributed by atoms with van der Waals surface area (Å²) in [6, 6.07) is -1.22. The standard InChI is InChI=1S/C28H44N2O5S/c1-7-11-12-14-29(13-8-2)26(33)24-28-19(6)16-21(36-28)22(27(34)35-15-9-3)23(28)25(32)30(24)20(17-31)18(5)10-4/h8-9,18-24,31H,2-3,7,10-17H2,1,4-6H3/t18-,19?,20-,21+,22-,23-,24?,28?/m0/s1. The van der Waals surface area contributed by atoms with Crippen LogP contribution >= 0.6 is 11.8 Å². The van der Waals surface area contributed by atoms with Gasteiger partial charge < -0.3 is 19.6 Å². The zero-order chi connectivity index (χ0) is 26.6. The topological polar surface area (TPSA) is 87.1 Å². The first kappa shape index (κ1) is 28.8. The molecule has 3 rings (SSSR count). The third kappa shape index (κ3) is 4.75. The molecule has 3 aliphatic rings. The Morgan fingerprint density at radius 3 is 2.61 bits per heavy atom. The Hall–Kier alpha value is -1.80. The van der Waals surface area contributed by atoms with Crippen LogP contribution in [0.25, 0.3) is 0 Å². The maximum Gasteiger partial charge on any atom is 0.311 e. The van der Waals surface area contributed by atoms with Crippen molar-refractivity contribution in [1.29, 1.82) is 0 Å². The van der Waals surface area contributed by atoms with E-state index in [4.69, 9.17) is 4.74 Å². The number of carbonyl (C=O) groups excluding carboxylic acids is 3. The lowest BCUT2D eigenvalue weighted by Crippen LogP contribution is -2.60. The molecule has 3 heterocycles. The highest BCUT2D eigenvalue weighted by atomic mass is 32.2. The van der Waals surface area contributed by atoms with E-state index in [-0.39, 0.29) is 48.1 Å². The number of unbranched alkanes of at least 4 members (excludes halogenated alkanes) is 2. The second-order valence-electron chi connectivity index (χ2n) is 10.6. The molecule has 8 heteroatoms. The van der Waals surface area contributed by atoms with Gasteiger partial charge in [-0.2, -0.15) is 0 Å². The maximum absolute atomic E-state index is 14.4. The minimum atomic E-state index is -0.732. The number of fused-ring (bicyclic) bond motifs is 1. The van der Waals surface area contributed by atoms with E-state index in [1.54, 1.807) is 22.7 Å². The summed E-state index contributed by atoms with van der Waals surface area (Å²) in [5.74, 6) is -1.83. The average Bonchev–Trinajstić information content (AvgIpc) is 3.46. The minimum Gasteiger partial charge on any atom is -0.461 e. The number of esters is 1. The van der Waals surface area contributed by atoms with Gasteiger partial charge in [-0.1, -0.05) is 65.7 Å². The summed E-state index contributed by atoms with van der Waals surface area (Å²) in [7, 11) is 0. The lowest BCUT2D eigenvalue weighted by molar-refractivity contribution is -0.154. The molecule has 1 N–H and O–H groups in total. The van der Waals surface area contributed by atoms with Crippen molar-refractivity contribution < 1.29 is 24.2 Å². The molecule has 8 atom stereocenters. The molecule has 0 aromatic heterocycles. The van der Waals surface area contributed by atoms with Crippen molar-refractivity contribution in [3.05, 3.63) is 25.3 Å². The van der Waals surface area contributed by atoms with Gasteiger partial charge in [0.25, 0.3) is 0 Å². The molecule has 2 amide bonds. The fourth-order valence-electron chi connectivity index (χ4n) is 6.59. The van der Waals surface area contributed by atoms with Crippen molar-refractivity contribution in [2.45, 2.75) is 81.9 Å². The molecule has 36 heavy (non-hydrogen) atoms. The molecule has 1 spiro atoms. The minimum absolute atomic E-state index is 0.00101. The zero-order valence-electron chi connectivity index (χ0n) is 22.4. The number of nitrogens with zero attached hydrogens (tertiary/aromatic N) is 2. The number of amides is 2. The number of rotatable bonds is 14. The first-order valence-electron chi connectivity index (χ1n) is 13.5. The molecule has 0 aromatic carbocycles. The molecular formula is C28H44N2O5S. The van der Waals surface area contributed by atoms with Crippen LogP contribution in [0.15, 0.2) is 25.3 Å². The monoisotopic (exact) mass is 520 g/mol. The van der Waals surface area contributed by atoms with Crippen molar-refractivity contribution in [2.75, 3.05) is 26.3 Å². The fraction of sp³-hybridized carbons (Fsp3) is 0.750. The Balaban J connectivity index is 2.10. The van der Waals surface area contributed by atoms with Gasteiger partial charge in [0.05, 0.1) is 29.2 Å². The predicted octanol–water partition coefficient (Wildman–Crippen LogP) is 3.66. The molecule has 3 saturated heterocycles. The van der Waals surface area contributed by atoms with Crippen molar-refractivity contribution in [3.8, 4) is 0 Å². The van der Waals surface area contributed by atoms with E-state index < -0.39 is 28.7 Å².